The first-order valence-electron chi connectivity index (χ1n) is 6.13. The molecule has 112 valence electrons. The minimum Gasteiger partial charge on any atom is -0.336 e. The molecule has 0 aromatic rings. The highest BCUT2D eigenvalue weighted by Gasteiger charge is 2.65. The summed E-state index contributed by atoms with van der Waals surface area (Å²) in [7, 11) is 0. The van der Waals surface area contributed by atoms with Gasteiger partial charge in [0.25, 0.3) is 0 Å². The van der Waals surface area contributed by atoms with Crippen molar-refractivity contribution in [1.29, 1.82) is 0 Å². The summed E-state index contributed by atoms with van der Waals surface area (Å²) >= 11 is 0. The van der Waals surface area contributed by atoms with Crippen molar-refractivity contribution < 1.29 is 26.7 Å². The van der Waals surface area contributed by atoms with Gasteiger partial charge in [-0.05, 0) is 19.5 Å². The minimum atomic E-state index is -5.84. The smallest absolute Gasteiger partial charge is 0.336 e. The molecular formula is C11H17F5N2O. The number of halogens is 5. The summed E-state index contributed by atoms with van der Waals surface area (Å²) < 4.78 is 62.2. The van der Waals surface area contributed by atoms with Crippen LogP contribution in [0.1, 0.15) is 20.3 Å². The molecule has 0 spiro atoms. The maximum Gasteiger partial charge on any atom is 0.463 e. The Morgan fingerprint density at radius 2 is 1.74 bits per heavy atom. The highest BCUT2D eigenvalue weighted by Crippen LogP contribution is 2.37. The van der Waals surface area contributed by atoms with Crippen LogP contribution in [0.2, 0.25) is 0 Å². The number of alkyl halides is 5. The van der Waals surface area contributed by atoms with Crippen LogP contribution in [0.4, 0.5) is 22.0 Å². The molecule has 1 unspecified atom stereocenters. The minimum absolute atomic E-state index is 0.0638. The maximum absolute atomic E-state index is 12.9. The molecule has 1 rings (SSSR count). The molecule has 1 aliphatic heterocycles. The van der Waals surface area contributed by atoms with E-state index in [2.05, 4.69) is 0 Å². The first-order chi connectivity index (χ1) is 8.65. The van der Waals surface area contributed by atoms with E-state index in [-0.39, 0.29) is 19.1 Å². The van der Waals surface area contributed by atoms with Crippen molar-refractivity contribution in [3.8, 4) is 0 Å². The van der Waals surface area contributed by atoms with Gasteiger partial charge in [-0.1, -0.05) is 13.8 Å². The van der Waals surface area contributed by atoms with Crippen molar-refractivity contribution in [3.63, 3.8) is 0 Å². The van der Waals surface area contributed by atoms with Crippen LogP contribution < -0.4 is 0 Å². The molecule has 1 heterocycles. The number of amides is 1. The van der Waals surface area contributed by atoms with Crippen LogP contribution in [-0.2, 0) is 4.79 Å². The molecule has 0 N–H and O–H groups in total. The van der Waals surface area contributed by atoms with E-state index < -0.39 is 18.0 Å². The Balaban J connectivity index is 2.72. The molecule has 0 bridgehead atoms. The Morgan fingerprint density at radius 1 is 1.21 bits per heavy atom. The van der Waals surface area contributed by atoms with Crippen LogP contribution in [0.15, 0.2) is 0 Å². The summed E-state index contributed by atoms with van der Waals surface area (Å²) in [6.07, 6.45) is -5.42. The molecule has 0 radical (unpaired) electrons. The Morgan fingerprint density at radius 3 is 2.16 bits per heavy atom. The van der Waals surface area contributed by atoms with Crippen molar-refractivity contribution in [3.05, 3.63) is 0 Å². The molecule has 1 atom stereocenters. The topological polar surface area (TPSA) is 23.6 Å². The Labute approximate surface area is 108 Å². The molecule has 1 saturated heterocycles. The van der Waals surface area contributed by atoms with E-state index in [9.17, 15) is 26.7 Å². The predicted molar refractivity (Wildman–Crippen MR) is 58.9 cm³/mol. The van der Waals surface area contributed by atoms with Gasteiger partial charge >= 0.3 is 18.0 Å². The van der Waals surface area contributed by atoms with Crippen molar-refractivity contribution in [2.24, 2.45) is 0 Å². The number of hydrogen-bond acceptors (Lipinski definition) is 2. The van der Waals surface area contributed by atoms with E-state index in [0.717, 1.165) is 0 Å². The zero-order chi connectivity index (χ0) is 14.8. The summed E-state index contributed by atoms with van der Waals surface area (Å²) in [5, 5.41) is 0. The van der Waals surface area contributed by atoms with Crippen molar-refractivity contribution >= 4 is 5.91 Å². The molecule has 3 nitrogen and oxygen atoms in total. The quantitative estimate of drug-likeness (QED) is 0.740. The van der Waals surface area contributed by atoms with Gasteiger partial charge in [0, 0.05) is 19.1 Å². The second kappa shape index (κ2) is 5.60. The lowest BCUT2D eigenvalue weighted by molar-refractivity contribution is -0.274. The van der Waals surface area contributed by atoms with Crippen molar-refractivity contribution in [1.82, 2.24) is 9.80 Å². The molecule has 0 aromatic heterocycles. The van der Waals surface area contributed by atoms with Gasteiger partial charge in [-0.25, -0.2) is 0 Å². The Hall–Kier alpha value is -0.920. The third-order valence-corrected chi connectivity index (χ3v) is 3.40. The third-order valence-electron chi connectivity index (χ3n) is 3.40. The van der Waals surface area contributed by atoms with Crippen LogP contribution in [0.3, 0.4) is 0 Å². The third kappa shape index (κ3) is 3.16. The fourth-order valence-corrected chi connectivity index (χ4v) is 2.28. The highest BCUT2D eigenvalue weighted by atomic mass is 19.4. The second-order valence-corrected chi connectivity index (χ2v) is 4.49. The van der Waals surface area contributed by atoms with E-state index in [1.165, 1.54) is 0 Å². The number of likely N-dealkylation sites (N-methyl/N-ethyl adjacent to an activating group) is 1. The SMILES string of the molecule is CCN(CC)C1CCN(C(=O)C(F)(F)C(F)(F)F)C1. The highest BCUT2D eigenvalue weighted by molar-refractivity contribution is 5.84. The molecule has 1 amide bonds. The van der Waals surface area contributed by atoms with E-state index in [1.807, 2.05) is 18.7 Å². The maximum atomic E-state index is 12.9. The molecule has 19 heavy (non-hydrogen) atoms. The summed E-state index contributed by atoms with van der Waals surface area (Å²) in [5.41, 5.74) is 0. The van der Waals surface area contributed by atoms with Gasteiger partial charge in [0.15, 0.2) is 0 Å². The number of hydrogen-bond donors (Lipinski definition) is 0. The molecule has 0 saturated carbocycles. The zero-order valence-corrected chi connectivity index (χ0v) is 10.8. The normalized spacial score (nSPS) is 21.3. The van der Waals surface area contributed by atoms with E-state index in [4.69, 9.17) is 0 Å². The standard InChI is InChI=1S/C11H17F5N2O/c1-3-17(4-2)8-5-6-18(7-8)9(19)10(12,13)11(14,15)16/h8H,3-7H2,1-2H3. The van der Waals surface area contributed by atoms with Crippen LogP contribution in [0, 0.1) is 0 Å². The van der Waals surface area contributed by atoms with Crippen LogP contribution in [-0.4, -0.2) is 60.0 Å². The van der Waals surface area contributed by atoms with Crippen LogP contribution in [0.25, 0.3) is 0 Å². The van der Waals surface area contributed by atoms with E-state index in [1.54, 1.807) is 0 Å². The van der Waals surface area contributed by atoms with Gasteiger partial charge in [0.05, 0.1) is 0 Å². The summed E-state index contributed by atoms with van der Waals surface area (Å²) in [6, 6.07) is -0.150. The number of carbonyl (C=O) groups is 1. The number of carbonyl (C=O) groups excluding carboxylic acids is 1. The fourth-order valence-electron chi connectivity index (χ4n) is 2.28. The van der Waals surface area contributed by atoms with Crippen molar-refractivity contribution in [2.45, 2.75) is 38.4 Å². The zero-order valence-electron chi connectivity index (χ0n) is 10.8. The van der Waals surface area contributed by atoms with Gasteiger partial charge in [-0.3, -0.25) is 9.69 Å². The lowest BCUT2D eigenvalue weighted by Crippen LogP contribution is -2.52. The number of likely N-dealkylation sites (tertiary alicyclic amines) is 1. The molecule has 8 heteroatoms. The van der Waals surface area contributed by atoms with Gasteiger partial charge in [0.1, 0.15) is 0 Å². The molecule has 0 aliphatic carbocycles. The summed E-state index contributed by atoms with van der Waals surface area (Å²) in [6.45, 7) is 4.94. The van der Waals surface area contributed by atoms with Crippen LogP contribution in [0.5, 0.6) is 0 Å². The average Bonchev–Trinajstić information content (AvgIpc) is 2.77. The average molecular weight is 288 g/mol. The fraction of sp³-hybridized carbons (Fsp3) is 0.909. The van der Waals surface area contributed by atoms with E-state index in [0.29, 0.717) is 24.4 Å². The van der Waals surface area contributed by atoms with E-state index >= 15 is 0 Å². The van der Waals surface area contributed by atoms with Gasteiger partial charge in [0.2, 0.25) is 0 Å². The van der Waals surface area contributed by atoms with Gasteiger partial charge in [-0.2, -0.15) is 22.0 Å². The number of rotatable bonds is 4. The predicted octanol–water partition coefficient (Wildman–Crippen LogP) is 2.13. The summed E-state index contributed by atoms with van der Waals surface area (Å²) in [5.74, 6) is -7.44. The Kier molecular flexibility index (Phi) is 4.76. The Bertz CT molecular complexity index is 328. The summed E-state index contributed by atoms with van der Waals surface area (Å²) in [4.78, 5) is 13.8. The van der Waals surface area contributed by atoms with Crippen LogP contribution >= 0.6 is 0 Å². The molecule has 1 aliphatic rings. The number of nitrogens with zero attached hydrogens (tertiary/aromatic N) is 2. The molecule has 0 aromatic carbocycles. The molecular weight excluding hydrogens is 271 g/mol. The van der Waals surface area contributed by atoms with Crippen molar-refractivity contribution in [2.75, 3.05) is 26.2 Å². The van der Waals surface area contributed by atoms with Gasteiger partial charge in [-0.15, -0.1) is 0 Å². The largest absolute Gasteiger partial charge is 0.463 e. The van der Waals surface area contributed by atoms with Gasteiger partial charge < -0.3 is 4.90 Å². The first-order valence-corrected chi connectivity index (χ1v) is 6.13. The first kappa shape index (κ1) is 16.1. The molecule has 1 fully saturated rings. The lowest BCUT2D eigenvalue weighted by atomic mass is 10.2. The second-order valence-electron chi connectivity index (χ2n) is 4.49. The lowest BCUT2D eigenvalue weighted by Gasteiger charge is -2.27. The monoisotopic (exact) mass is 288 g/mol.